The number of thioether (sulfide) groups is 1. The average molecular weight is 240 g/mol. The van der Waals surface area contributed by atoms with Crippen molar-refractivity contribution in [2.45, 2.75) is 32.2 Å². The van der Waals surface area contributed by atoms with E-state index in [2.05, 4.69) is 5.10 Å². The van der Waals surface area contributed by atoms with Crippen molar-refractivity contribution in [3.63, 3.8) is 0 Å². The molecule has 1 aromatic heterocycles. The minimum absolute atomic E-state index is 0.0767. The zero-order chi connectivity index (χ0) is 11.5. The molecule has 1 aliphatic heterocycles. The Labute approximate surface area is 99.0 Å². The quantitative estimate of drug-likeness (QED) is 0.876. The van der Waals surface area contributed by atoms with Gasteiger partial charge in [0, 0.05) is 11.3 Å². The maximum absolute atomic E-state index is 10.7. The molecule has 0 unspecified atom stereocenters. The van der Waals surface area contributed by atoms with Gasteiger partial charge >= 0.3 is 5.97 Å². The molecule has 1 aromatic rings. The van der Waals surface area contributed by atoms with Gasteiger partial charge in [0.15, 0.2) is 0 Å². The van der Waals surface area contributed by atoms with Crippen LogP contribution in [0.25, 0.3) is 0 Å². The molecule has 0 spiro atoms. The van der Waals surface area contributed by atoms with Gasteiger partial charge in [0.2, 0.25) is 0 Å². The summed E-state index contributed by atoms with van der Waals surface area (Å²) in [6.45, 7) is 1.97. The SMILES string of the molecule is Cc1c(CC(=O)O)cnn1C1CCSCC1. The molecule has 1 saturated heterocycles. The van der Waals surface area contributed by atoms with E-state index < -0.39 is 5.97 Å². The van der Waals surface area contributed by atoms with Gasteiger partial charge < -0.3 is 5.11 Å². The number of carboxylic acids is 1. The van der Waals surface area contributed by atoms with Crippen molar-refractivity contribution in [2.24, 2.45) is 0 Å². The Balaban J connectivity index is 2.15. The largest absolute Gasteiger partial charge is 0.481 e. The second-order valence-electron chi connectivity index (χ2n) is 4.11. The van der Waals surface area contributed by atoms with E-state index in [1.54, 1.807) is 6.20 Å². The van der Waals surface area contributed by atoms with Crippen LogP contribution in [-0.4, -0.2) is 32.4 Å². The molecule has 1 N–H and O–H groups in total. The Morgan fingerprint density at radius 1 is 1.62 bits per heavy atom. The van der Waals surface area contributed by atoms with E-state index in [1.165, 1.54) is 11.5 Å². The highest BCUT2D eigenvalue weighted by Gasteiger charge is 2.19. The fourth-order valence-corrected chi connectivity index (χ4v) is 3.17. The molecule has 1 fully saturated rings. The smallest absolute Gasteiger partial charge is 0.307 e. The molecule has 2 rings (SSSR count). The van der Waals surface area contributed by atoms with Gasteiger partial charge in [0.1, 0.15) is 0 Å². The highest BCUT2D eigenvalue weighted by molar-refractivity contribution is 7.99. The van der Waals surface area contributed by atoms with E-state index in [4.69, 9.17) is 5.11 Å². The molecule has 4 nitrogen and oxygen atoms in total. The van der Waals surface area contributed by atoms with Crippen molar-refractivity contribution in [3.05, 3.63) is 17.5 Å². The molecular formula is C11H16N2O2S. The molecule has 88 valence electrons. The summed E-state index contributed by atoms with van der Waals surface area (Å²) in [6.07, 6.45) is 4.05. The van der Waals surface area contributed by atoms with Crippen LogP contribution in [0.5, 0.6) is 0 Å². The predicted octanol–water partition coefficient (Wildman–Crippen LogP) is 1.89. The van der Waals surface area contributed by atoms with Gasteiger partial charge in [0.25, 0.3) is 0 Å². The van der Waals surface area contributed by atoms with Gasteiger partial charge in [-0.2, -0.15) is 16.9 Å². The number of carbonyl (C=O) groups is 1. The molecule has 0 radical (unpaired) electrons. The molecule has 0 bridgehead atoms. The van der Waals surface area contributed by atoms with E-state index in [-0.39, 0.29) is 6.42 Å². The zero-order valence-corrected chi connectivity index (χ0v) is 10.2. The summed E-state index contributed by atoms with van der Waals surface area (Å²) in [6, 6.07) is 0.462. The second kappa shape index (κ2) is 4.91. The van der Waals surface area contributed by atoms with Gasteiger partial charge in [-0.25, -0.2) is 0 Å². The molecule has 1 aliphatic rings. The van der Waals surface area contributed by atoms with Gasteiger partial charge in [0.05, 0.1) is 18.7 Å². The summed E-state index contributed by atoms with van der Waals surface area (Å²) < 4.78 is 2.01. The Hall–Kier alpha value is -0.970. The van der Waals surface area contributed by atoms with Crippen LogP contribution in [0.4, 0.5) is 0 Å². The van der Waals surface area contributed by atoms with Crippen LogP contribution >= 0.6 is 11.8 Å². The molecule has 0 saturated carbocycles. The third-order valence-electron chi connectivity index (χ3n) is 3.02. The average Bonchev–Trinajstić information content (AvgIpc) is 2.61. The van der Waals surface area contributed by atoms with Gasteiger partial charge in [-0.05, 0) is 31.3 Å². The molecule has 0 amide bonds. The lowest BCUT2D eigenvalue weighted by atomic mass is 10.1. The van der Waals surface area contributed by atoms with Crippen LogP contribution in [0, 0.1) is 6.92 Å². The van der Waals surface area contributed by atoms with Crippen LogP contribution in [0.15, 0.2) is 6.20 Å². The lowest BCUT2D eigenvalue weighted by Gasteiger charge is -2.23. The lowest BCUT2D eigenvalue weighted by Crippen LogP contribution is -2.17. The number of aliphatic carboxylic acids is 1. The first-order valence-electron chi connectivity index (χ1n) is 5.51. The topological polar surface area (TPSA) is 55.1 Å². The Kier molecular flexibility index (Phi) is 3.53. The van der Waals surface area contributed by atoms with Crippen molar-refractivity contribution < 1.29 is 9.90 Å². The van der Waals surface area contributed by atoms with Gasteiger partial charge in [-0.3, -0.25) is 9.48 Å². The van der Waals surface area contributed by atoms with E-state index in [9.17, 15) is 4.79 Å². The number of nitrogens with zero attached hydrogens (tertiary/aromatic N) is 2. The maximum Gasteiger partial charge on any atom is 0.307 e. The number of rotatable bonds is 3. The minimum atomic E-state index is -0.790. The minimum Gasteiger partial charge on any atom is -0.481 e. The summed E-state index contributed by atoms with van der Waals surface area (Å²) in [5.41, 5.74) is 1.85. The fraction of sp³-hybridized carbons (Fsp3) is 0.636. The normalized spacial score (nSPS) is 17.6. The summed E-state index contributed by atoms with van der Waals surface area (Å²) in [7, 11) is 0. The molecule has 2 heterocycles. The molecule has 0 aromatic carbocycles. The molecule has 0 atom stereocenters. The van der Waals surface area contributed by atoms with E-state index in [0.717, 1.165) is 24.1 Å². The lowest BCUT2D eigenvalue weighted by molar-refractivity contribution is -0.136. The molecule has 0 aliphatic carbocycles. The monoisotopic (exact) mass is 240 g/mol. The summed E-state index contributed by atoms with van der Waals surface area (Å²) in [5, 5.41) is 13.1. The number of hydrogen-bond donors (Lipinski definition) is 1. The Morgan fingerprint density at radius 2 is 2.31 bits per heavy atom. The van der Waals surface area contributed by atoms with Crippen molar-refractivity contribution >= 4 is 17.7 Å². The predicted molar refractivity (Wildman–Crippen MR) is 63.9 cm³/mol. The van der Waals surface area contributed by atoms with Crippen molar-refractivity contribution in [1.29, 1.82) is 0 Å². The van der Waals surface area contributed by atoms with Gasteiger partial charge in [-0.15, -0.1) is 0 Å². The zero-order valence-electron chi connectivity index (χ0n) is 9.35. The third-order valence-corrected chi connectivity index (χ3v) is 4.07. The highest BCUT2D eigenvalue weighted by Crippen LogP contribution is 2.28. The van der Waals surface area contributed by atoms with Crippen LogP contribution in [0.2, 0.25) is 0 Å². The summed E-state index contributed by atoms with van der Waals surface area (Å²) in [5.74, 6) is 1.57. The van der Waals surface area contributed by atoms with Crippen LogP contribution < -0.4 is 0 Å². The second-order valence-corrected chi connectivity index (χ2v) is 5.34. The molecular weight excluding hydrogens is 224 g/mol. The first-order chi connectivity index (χ1) is 7.68. The number of hydrogen-bond acceptors (Lipinski definition) is 3. The Bertz CT molecular complexity index is 383. The van der Waals surface area contributed by atoms with Crippen LogP contribution in [0.3, 0.4) is 0 Å². The van der Waals surface area contributed by atoms with Gasteiger partial charge in [-0.1, -0.05) is 0 Å². The van der Waals surface area contributed by atoms with Crippen molar-refractivity contribution in [2.75, 3.05) is 11.5 Å². The van der Waals surface area contributed by atoms with Crippen LogP contribution in [0.1, 0.15) is 30.1 Å². The fourth-order valence-electron chi connectivity index (χ4n) is 2.09. The van der Waals surface area contributed by atoms with Crippen molar-refractivity contribution in [1.82, 2.24) is 9.78 Å². The molecule has 5 heteroatoms. The van der Waals surface area contributed by atoms with E-state index in [1.807, 2.05) is 23.4 Å². The number of aromatic nitrogens is 2. The van der Waals surface area contributed by atoms with Crippen molar-refractivity contribution in [3.8, 4) is 0 Å². The van der Waals surface area contributed by atoms with E-state index >= 15 is 0 Å². The van der Waals surface area contributed by atoms with Crippen LogP contribution in [-0.2, 0) is 11.2 Å². The first-order valence-corrected chi connectivity index (χ1v) is 6.66. The summed E-state index contributed by atoms with van der Waals surface area (Å²) in [4.78, 5) is 10.7. The standard InChI is InChI=1S/C11H16N2O2S/c1-8-9(6-11(14)15)7-12-13(8)10-2-4-16-5-3-10/h7,10H,2-6H2,1H3,(H,14,15). The number of carboxylic acid groups (broad SMARTS) is 1. The first kappa shape index (κ1) is 11.5. The summed E-state index contributed by atoms with van der Waals surface area (Å²) >= 11 is 1.98. The molecule has 16 heavy (non-hydrogen) atoms. The Morgan fingerprint density at radius 3 is 2.94 bits per heavy atom. The highest BCUT2D eigenvalue weighted by atomic mass is 32.2. The third kappa shape index (κ3) is 2.40. The maximum atomic E-state index is 10.7. The van der Waals surface area contributed by atoms with E-state index in [0.29, 0.717) is 6.04 Å².